The number of hydrogen-bond acceptors (Lipinski definition) is 12. The summed E-state index contributed by atoms with van der Waals surface area (Å²) in [5.74, 6) is 1.17. The van der Waals surface area contributed by atoms with E-state index in [1.807, 2.05) is 35.2 Å². The Bertz CT molecular complexity index is 2370. The van der Waals surface area contributed by atoms with E-state index in [1.54, 1.807) is 36.2 Å². The number of carbonyl (C=O) groups is 4. The van der Waals surface area contributed by atoms with Gasteiger partial charge in [-0.25, -0.2) is 4.98 Å². The molecule has 0 bridgehead atoms. The SMILES string of the molecule is COc1cc(N2CCN(C(=O)CN3CCC(c4ccc5c(cnn5C5CCC(=O)NC5=O)c4)CC3)CC2)ccc1Nc1ncc(Cl)c(Nc2ccccc2C(C)=O)n1. The largest absolute Gasteiger partial charge is 0.494 e. The van der Waals surface area contributed by atoms with Gasteiger partial charge in [-0.15, -0.1) is 0 Å². The minimum absolute atomic E-state index is 0.0784. The third kappa shape index (κ3) is 8.31. The highest BCUT2D eigenvalue weighted by atomic mass is 35.5. The van der Waals surface area contributed by atoms with Crippen molar-refractivity contribution in [3.8, 4) is 5.75 Å². The fourth-order valence-corrected chi connectivity index (χ4v) is 8.20. The first-order valence-electron chi connectivity index (χ1n) is 19.5. The monoisotopic (exact) mass is 804 g/mol. The molecule has 0 spiro atoms. The van der Waals surface area contributed by atoms with E-state index < -0.39 is 6.04 Å². The number of aromatic nitrogens is 4. The molecule has 3 saturated heterocycles. The summed E-state index contributed by atoms with van der Waals surface area (Å²) in [6.07, 6.45) is 5.96. The molecule has 3 aliphatic rings. The van der Waals surface area contributed by atoms with E-state index in [-0.39, 0.29) is 23.5 Å². The molecule has 15 nitrogen and oxygen atoms in total. The van der Waals surface area contributed by atoms with E-state index in [9.17, 15) is 19.2 Å². The number of benzene rings is 3. The maximum absolute atomic E-state index is 13.4. The average molecular weight is 805 g/mol. The molecule has 0 saturated carbocycles. The number of hydrogen-bond donors (Lipinski definition) is 3. The van der Waals surface area contributed by atoms with Crippen molar-refractivity contribution in [1.29, 1.82) is 0 Å². The number of para-hydroxylation sites is 1. The van der Waals surface area contributed by atoms with E-state index in [2.05, 4.69) is 52.9 Å². The number of ether oxygens (including phenoxy) is 1. The highest BCUT2D eigenvalue weighted by Crippen LogP contribution is 2.35. The molecule has 1 atom stereocenters. The Hall–Kier alpha value is -6.06. The van der Waals surface area contributed by atoms with Crippen LogP contribution in [0.15, 0.2) is 73.1 Å². The summed E-state index contributed by atoms with van der Waals surface area (Å²) < 4.78 is 7.48. The average Bonchev–Trinajstić information content (AvgIpc) is 3.65. The first kappa shape index (κ1) is 38.8. The number of imide groups is 1. The van der Waals surface area contributed by atoms with E-state index in [0.717, 1.165) is 42.5 Å². The van der Waals surface area contributed by atoms with Gasteiger partial charge in [0.05, 0.1) is 42.9 Å². The van der Waals surface area contributed by atoms with Crippen LogP contribution < -0.4 is 25.6 Å². The molecule has 0 radical (unpaired) electrons. The molecule has 58 heavy (non-hydrogen) atoms. The number of anilines is 5. The molecular formula is C42H45ClN10O5. The van der Waals surface area contributed by atoms with Gasteiger partial charge < -0.3 is 25.2 Å². The number of halogens is 1. The number of Topliss-reactive ketones (excluding diaryl/α,β-unsaturated/α-hetero) is 1. The zero-order valence-electron chi connectivity index (χ0n) is 32.4. The van der Waals surface area contributed by atoms with Crippen molar-refractivity contribution in [2.45, 2.75) is 44.6 Å². The minimum atomic E-state index is -0.482. The van der Waals surface area contributed by atoms with E-state index in [1.165, 1.54) is 18.7 Å². The highest BCUT2D eigenvalue weighted by molar-refractivity contribution is 6.33. The normalized spacial score (nSPS) is 17.9. The van der Waals surface area contributed by atoms with Crippen LogP contribution in [-0.2, 0) is 14.4 Å². The minimum Gasteiger partial charge on any atom is -0.494 e. The van der Waals surface area contributed by atoms with Crippen molar-refractivity contribution in [2.24, 2.45) is 0 Å². The van der Waals surface area contributed by atoms with Crippen molar-refractivity contribution < 1.29 is 23.9 Å². The van der Waals surface area contributed by atoms with Crippen LogP contribution in [0.5, 0.6) is 5.75 Å². The molecule has 8 rings (SSSR count). The Labute approximate surface area is 340 Å². The van der Waals surface area contributed by atoms with E-state index in [0.29, 0.717) is 91.0 Å². The Morgan fingerprint density at radius 3 is 2.47 bits per heavy atom. The van der Waals surface area contributed by atoms with Crippen molar-refractivity contribution in [3.63, 3.8) is 0 Å². The lowest BCUT2D eigenvalue weighted by molar-refractivity contribution is -0.136. The molecule has 3 amide bonds. The number of carbonyl (C=O) groups excluding carboxylic acids is 4. The summed E-state index contributed by atoms with van der Waals surface area (Å²) in [5.41, 5.74) is 4.90. The fourth-order valence-electron chi connectivity index (χ4n) is 8.06. The summed E-state index contributed by atoms with van der Waals surface area (Å²) in [6.45, 7) is 6.26. The van der Waals surface area contributed by atoms with E-state index in [4.69, 9.17) is 16.3 Å². The third-order valence-electron chi connectivity index (χ3n) is 11.3. The van der Waals surface area contributed by atoms with Crippen molar-refractivity contribution in [1.82, 2.24) is 34.9 Å². The number of likely N-dealkylation sites (tertiary alicyclic amines) is 1. The van der Waals surface area contributed by atoms with Crippen LogP contribution in [0.3, 0.4) is 0 Å². The van der Waals surface area contributed by atoms with Crippen LogP contribution in [0, 0.1) is 0 Å². The summed E-state index contributed by atoms with van der Waals surface area (Å²) in [5, 5.41) is 14.6. The van der Waals surface area contributed by atoms with Crippen molar-refractivity contribution in [3.05, 3.63) is 89.2 Å². The van der Waals surface area contributed by atoms with Gasteiger partial charge in [-0.2, -0.15) is 10.1 Å². The first-order valence-corrected chi connectivity index (χ1v) is 19.9. The number of piperidine rings is 2. The summed E-state index contributed by atoms with van der Waals surface area (Å²) >= 11 is 6.42. The number of nitrogens with one attached hydrogen (secondary N) is 3. The number of nitrogens with zero attached hydrogens (tertiary/aromatic N) is 7. The number of amides is 3. The van der Waals surface area contributed by atoms with Gasteiger partial charge in [0.15, 0.2) is 11.6 Å². The lowest BCUT2D eigenvalue weighted by Gasteiger charge is -2.38. The molecule has 5 heterocycles. The number of ketones is 1. The second kappa shape index (κ2) is 16.8. The van der Waals surface area contributed by atoms with Gasteiger partial charge in [0, 0.05) is 55.3 Å². The van der Waals surface area contributed by atoms with Crippen LogP contribution in [0.25, 0.3) is 10.9 Å². The smallest absolute Gasteiger partial charge is 0.251 e. The number of fused-ring (bicyclic) bond motifs is 1. The number of rotatable bonds is 11. The van der Waals surface area contributed by atoms with Gasteiger partial charge in [0.2, 0.25) is 17.8 Å². The third-order valence-corrected chi connectivity index (χ3v) is 11.6. The fraction of sp³-hybridized carbons (Fsp3) is 0.357. The Morgan fingerprint density at radius 1 is 0.914 bits per heavy atom. The van der Waals surface area contributed by atoms with Gasteiger partial charge in [-0.3, -0.25) is 34.1 Å². The maximum atomic E-state index is 13.4. The molecule has 300 valence electrons. The predicted molar refractivity (Wildman–Crippen MR) is 221 cm³/mol. The van der Waals surface area contributed by atoms with Crippen LogP contribution in [0.2, 0.25) is 5.02 Å². The molecule has 16 heteroatoms. The van der Waals surface area contributed by atoms with Crippen LogP contribution in [0.1, 0.15) is 60.5 Å². The van der Waals surface area contributed by atoms with Gasteiger partial charge in [0.1, 0.15) is 16.8 Å². The first-order chi connectivity index (χ1) is 28.1. The maximum Gasteiger partial charge on any atom is 0.251 e. The van der Waals surface area contributed by atoms with Gasteiger partial charge in [-0.1, -0.05) is 29.8 Å². The topological polar surface area (TPSA) is 167 Å². The van der Waals surface area contributed by atoms with Crippen LogP contribution in [0.4, 0.5) is 28.8 Å². The molecule has 5 aromatic rings. The molecule has 3 aromatic carbocycles. The molecule has 0 aliphatic carbocycles. The molecule has 3 N–H and O–H groups in total. The summed E-state index contributed by atoms with van der Waals surface area (Å²) in [6, 6.07) is 18.9. The zero-order chi connectivity index (χ0) is 40.3. The van der Waals surface area contributed by atoms with Crippen LogP contribution >= 0.6 is 11.6 Å². The summed E-state index contributed by atoms with van der Waals surface area (Å²) in [7, 11) is 1.61. The van der Waals surface area contributed by atoms with Crippen LogP contribution in [-0.4, -0.2) is 106 Å². The standard InChI is InChI=1S/C42H45ClN10O5/c1-26(54)31-5-3-4-6-33(31)46-40-32(43)24-44-42(49-40)47-34-9-8-30(22-37(34)58-2)51-17-19-52(20-18-51)39(56)25-50-15-13-27(14-16-50)28-7-10-35-29(21-28)23-45-53(35)36-11-12-38(55)48-41(36)57/h3-10,21-24,27,36H,11-20,25H2,1-2H3,(H,48,55,57)(H2,44,46,47,49). The predicted octanol–water partition coefficient (Wildman–Crippen LogP) is 5.68. The number of methoxy groups -OCH3 is 1. The number of piperazine rings is 1. The van der Waals surface area contributed by atoms with Crippen molar-refractivity contribution >= 4 is 74.8 Å². The van der Waals surface area contributed by atoms with Crippen molar-refractivity contribution in [2.75, 3.05) is 68.5 Å². The van der Waals surface area contributed by atoms with Gasteiger partial charge >= 0.3 is 0 Å². The Kier molecular flexibility index (Phi) is 11.2. The molecule has 1 unspecified atom stereocenters. The molecule has 2 aromatic heterocycles. The lowest BCUT2D eigenvalue weighted by atomic mass is 9.89. The zero-order valence-corrected chi connectivity index (χ0v) is 33.2. The second-order valence-corrected chi connectivity index (χ2v) is 15.3. The lowest BCUT2D eigenvalue weighted by Crippen LogP contribution is -2.51. The Balaban J connectivity index is 0.822. The van der Waals surface area contributed by atoms with E-state index >= 15 is 0 Å². The molecule has 3 fully saturated rings. The molecule has 3 aliphatic heterocycles. The second-order valence-electron chi connectivity index (χ2n) is 14.9. The Morgan fingerprint density at radius 2 is 1.71 bits per heavy atom. The summed E-state index contributed by atoms with van der Waals surface area (Å²) in [4.78, 5) is 65.0. The van der Waals surface area contributed by atoms with Gasteiger partial charge in [0.25, 0.3) is 5.91 Å². The highest BCUT2D eigenvalue weighted by Gasteiger charge is 2.31. The van der Waals surface area contributed by atoms with Gasteiger partial charge in [-0.05, 0) is 87.2 Å². The quantitative estimate of drug-likeness (QED) is 0.111. The molecular weight excluding hydrogens is 760 g/mol.